The molecule has 7 nitrogen and oxygen atoms in total. The van der Waals surface area contributed by atoms with E-state index in [-0.39, 0.29) is 23.4 Å². The van der Waals surface area contributed by atoms with Crippen molar-refractivity contribution in [2.24, 2.45) is 0 Å². The van der Waals surface area contributed by atoms with Gasteiger partial charge in [0.15, 0.2) is 0 Å². The van der Waals surface area contributed by atoms with Gasteiger partial charge in [-0.3, -0.25) is 4.79 Å². The van der Waals surface area contributed by atoms with E-state index in [2.05, 4.69) is 15.0 Å². The molecule has 0 aliphatic heterocycles. The number of aromatic nitrogens is 1. The summed E-state index contributed by atoms with van der Waals surface area (Å²) < 4.78 is 32.7. The van der Waals surface area contributed by atoms with Gasteiger partial charge in [0, 0.05) is 30.4 Å². The predicted octanol–water partition coefficient (Wildman–Crippen LogP) is 2.16. The van der Waals surface area contributed by atoms with Crippen molar-refractivity contribution in [2.75, 3.05) is 6.61 Å². The molecule has 0 atom stereocenters. The van der Waals surface area contributed by atoms with Crippen molar-refractivity contribution in [1.82, 2.24) is 15.0 Å². The number of carbonyl (C=O) groups excluding carboxylic acids is 1. The largest absolute Gasteiger partial charge is 0.478 e. The lowest BCUT2D eigenvalue weighted by Gasteiger charge is -2.11. The normalized spacial score (nSPS) is 14.0. The summed E-state index contributed by atoms with van der Waals surface area (Å²) in [6, 6.07) is 8.16. The number of pyridine rings is 1. The van der Waals surface area contributed by atoms with Crippen molar-refractivity contribution in [3.05, 3.63) is 53.2 Å². The lowest BCUT2D eigenvalue weighted by Crippen LogP contribution is -2.27. The van der Waals surface area contributed by atoms with Crippen molar-refractivity contribution >= 4 is 15.9 Å². The van der Waals surface area contributed by atoms with E-state index in [0.717, 1.165) is 18.4 Å². The SMILES string of the molecule is CCOc1cc(CNC(=O)c2cc(S(=O)(=O)NC3CC3)ccc2C)ccn1. The van der Waals surface area contributed by atoms with E-state index in [1.807, 2.05) is 6.92 Å². The Hall–Kier alpha value is -2.45. The van der Waals surface area contributed by atoms with Crippen LogP contribution in [0.15, 0.2) is 41.4 Å². The van der Waals surface area contributed by atoms with E-state index in [0.29, 0.717) is 23.6 Å². The molecule has 1 heterocycles. The maximum absolute atomic E-state index is 12.6. The summed E-state index contributed by atoms with van der Waals surface area (Å²) in [5, 5.41) is 2.82. The van der Waals surface area contributed by atoms with Crippen LogP contribution in [0, 0.1) is 6.92 Å². The van der Waals surface area contributed by atoms with Crippen LogP contribution >= 0.6 is 0 Å². The summed E-state index contributed by atoms with van der Waals surface area (Å²) in [5.41, 5.74) is 1.90. The number of hydrogen-bond acceptors (Lipinski definition) is 5. The molecule has 0 bridgehead atoms. The van der Waals surface area contributed by atoms with Crippen LogP contribution in [0.2, 0.25) is 0 Å². The highest BCUT2D eigenvalue weighted by Crippen LogP contribution is 2.23. The van der Waals surface area contributed by atoms with E-state index in [1.54, 1.807) is 31.3 Å². The van der Waals surface area contributed by atoms with Gasteiger partial charge in [-0.15, -0.1) is 0 Å². The van der Waals surface area contributed by atoms with Crippen LogP contribution in [0.25, 0.3) is 0 Å². The molecule has 1 aromatic carbocycles. The molecule has 1 aliphatic rings. The number of rotatable bonds is 8. The quantitative estimate of drug-likeness (QED) is 0.721. The molecule has 1 amide bonds. The monoisotopic (exact) mass is 389 g/mol. The Kier molecular flexibility index (Phi) is 5.76. The van der Waals surface area contributed by atoms with Crippen LogP contribution in [-0.2, 0) is 16.6 Å². The van der Waals surface area contributed by atoms with Gasteiger partial charge in [-0.2, -0.15) is 0 Å². The van der Waals surface area contributed by atoms with Gasteiger partial charge in [-0.25, -0.2) is 18.1 Å². The predicted molar refractivity (Wildman–Crippen MR) is 101 cm³/mol. The highest BCUT2D eigenvalue weighted by Gasteiger charge is 2.28. The molecule has 144 valence electrons. The fraction of sp³-hybridized carbons (Fsp3) is 0.368. The summed E-state index contributed by atoms with van der Waals surface area (Å²) >= 11 is 0. The van der Waals surface area contributed by atoms with Gasteiger partial charge in [-0.05, 0) is 56.0 Å². The minimum absolute atomic E-state index is 0.0137. The van der Waals surface area contributed by atoms with Crippen molar-refractivity contribution in [3.63, 3.8) is 0 Å². The average molecular weight is 389 g/mol. The van der Waals surface area contributed by atoms with Crippen molar-refractivity contribution in [3.8, 4) is 5.88 Å². The molecule has 1 fully saturated rings. The summed E-state index contributed by atoms with van der Waals surface area (Å²) in [4.78, 5) is 16.8. The second-order valence-electron chi connectivity index (χ2n) is 6.49. The fourth-order valence-electron chi connectivity index (χ4n) is 2.57. The van der Waals surface area contributed by atoms with E-state index < -0.39 is 10.0 Å². The summed E-state index contributed by atoms with van der Waals surface area (Å²) in [7, 11) is -3.60. The van der Waals surface area contributed by atoms with Gasteiger partial charge < -0.3 is 10.1 Å². The Morgan fingerprint density at radius 2 is 2.04 bits per heavy atom. The molecule has 3 rings (SSSR count). The standard InChI is InChI=1S/C19H23N3O4S/c1-3-26-18-10-14(8-9-20-18)12-21-19(23)17-11-16(7-4-13(17)2)27(24,25)22-15-5-6-15/h4,7-11,15,22H,3,5-6,12H2,1-2H3,(H,21,23). The molecule has 1 aliphatic carbocycles. The molecule has 0 spiro atoms. The number of nitrogens with one attached hydrogen (secondary N) is 2. The Morgan fingerprint density at radius 3 is 2.74 bits per heavy atom. The number of ether oxygens (including phenoxy) is 1. The van der Waals surface area contributed by atoms with Gasteiger partial charge in [0.1, 0.15) is 0 Å². The smallest absolute Gasteiger partial charge is 0.251 e. The van der Waals surface area contributed by atoms with Gasteiger partial charge in [-0.1, -0.05) is 6.07 Å². The van der Waals surface area contributed by atoms with E-state index in [9.17, 15) is 13.2 Å². The van der Waals surface area contributed by atoms with Crippen molar-refractivity contribution < 1.29 is 17.9 Å². The first-order valence-corrected chi connectivity index (χ1v) is 10.4. The number of aryl methyl sites for hydroxylation is 1. The van der Waals surface area contributed by atoms with Crippen LogP contribution in [0.1, 0.15) is 41.3 Å². The topological polar surface area (TPSA) is 97.4 Å². The highest BCUT2D eigenvalue weighted by atomic mass is 32.2. The van der Waals surface area contributed by atoms with Crippen LogP contribution in [0.3, 0.4) is 0 Å². The maximum atomic E-state index is 12.6. The van der Waals surface area contributed by atoms with Crippen LogP contribution in [-0.4, -0.2) is 32.0 Å². The second-order valence-corrected chi connectivity index (χ2v) is 8.20. The third-order valence-corrected chi connectivity index (χ3v) is 5.73. The highest BCUT2D eigenvalue weighted by molar-refractivity contribution is 7.89. The lowest BCUT2D eigenvalue weighted by atomic mass is 10.1. The summed E-state index contributed by atoms with van der Waals surface area (Å²) in [5.74, 6) is 0.172. The number of benzene rings is 1. The zero-order valence-corrected chi connectivity index (χ0v) is 16.2. The van der Waals surface area contributed by atoms with Crippen molar-refractivity contribution in [1.29, 1.82) is 0 Å². The number of amides is 1. The maximum Gasteiger partial charge on any atom is 0.251 e. The molecular weight excluding hydrogens is 366 g/mol. The first-order valence-electron chi connectivity index (χ1n) is 8.88. The number of carbonyl (C=O) groups is 1. The molecule has 0 radical (unpaired) electrons. The molecule has 8 heteroatoms. The summed E-state index contributed by atoms with van der Waals surface area (Å²) in [6.45, 7) is 4.45. The zero-order chi connectivity index (χ0) is 19.4. The van der Waals surface area contributed by atoms with E-state index >= 15 is 0 Å². The second kappa shape index (κ2) is 8.06. The molecular formula is C19H23N3O4S. The molecule has 1 saturated carbocycles. The third kappa shape index (κ3) is 5.05. The summed E-state index contributed by atoms with van der Waals surface area (Å²) in [6.07, 6.45) is 3.33. The first kappa shape index (κ1) is 19.3. The Bertz CT molecular complexity index is 940. The molecule has 1 aromatic heterocycles. The van der Waals surface area contributed by atoms with E-state index in [1.165, 1.54) is 12.1 Å². The van der Waals surface area contributed by atoms with Crippen LogP contribution < -0.4 is 14.8 Å². The molecule has 0 unspecified atom stereocenters. The minimum atomic E-state index is -3.60. The number of hydrogen-bond donors (Lipinski definition) is 2. The Balaban J connectivity index is 1.72. The molecule has 27 heavy (non-hydrogen) atoms. The van der Waals surface area contributed by atoms with Gasteiger partial charge in [0.25, 0.3) is 5.91 Å². The zero-order valence-electron chi connectivity index (χ0n) is 15.4. The third-order valence-electron chi connectivity index (χ3n) is 4.21. The van der Waals surface area contributed by atoms with Crippen LogP contribution in [0.4, 0.5) is 0 Å². The molecule has 2 aromatic rings. The Labute approximate surface area is 159 Å². The lowest BCUT2D eigenvalue weighted by molar-refractivity contribution is 0.0950. The molecule has 0 saturated heterocycles. The van der Waals surface area contributed by atoms with E-state index in [4.69, 9.17) is 4.74 Å². The van der Waals surface area contributed by atoms with Gasteiger partial charge >= 0.3 is 0 Å². The van der Waals surface area contributed by atoms with Gasteiger partial charge in [0.05, 0.1) is 11.5 Å². The number of nitrogens with zero attached hydrogens (tertiary/aromatic N) is 1. The van der Waals surface area contributed by atoms with Crippen LogP contribution in [0.5, 0.6) is 5.88 Å². The number of sulfonamides is 1. The Morgan fingerprint density at radius 1 is 1.26 bits per heavy atom. The molecule has 2 N–H and O–H groups in total. The first-order chi connectivity index (χ1) is 12.9. The van der Waals surface area contributed by atoms with Gasteiger partial charge in [0.2, 0.25) is 15.9 Å². The fourth-order valence-corrected chi connectivity index (χ4v) is 3.90. The minimum Gasteiger partial charge on any atom is -0.478 e. The van der Waals surface area contributed by atoms with Crippen molar-refractivity contribution in [2.45, 2.75) is 44.2 Å². The average Bonchev–Trinajstić information content (AvgIpc) is 3.44.